The minimum absolute atomic E-state index is 0.333. The molecule has 2 N–H and O–H groups in total. The van der Waals surface area contributed by atoms with Crippen molar-refractivity contribution in [3.8, 4) is 0 Å². The molecule has 0 spiro atoms. The zero-order chi connectivity index (χ0) is 12.8. The Balaban J connectivity index is 2.29. The third-order valence-electron chi connectivity index (χ3n) is 4.23. The van der Waals surface area contributed by atoms with Gasteiger partial charge in [0.15, 0.2) is 0 Å². The van der Waals surface area contributed by atoms with Gasteiger partial charge in [-0.15, -0.1) is 0 Å². The summed E-state index contributed by atoms with van der Waals surface area (Å²) in [5.74, 6) is 0.585. The van der Waals surface area contributed by atoms with Crippen LogP contribution in [-0.2, 0) is 4.74 Å². The lowest BCUT2D eigenvalue weighted by Crippen LogP contribution is -2.40. The van der Waals surface area contributed by atoms with Gasteiger partial charge in [-0.3, -0.25) is 0 Å². The Morgan fingerprint density at radius 1 is 1.35 bits per heavy atom. The molecule has 1 aliphatic carbocycles. The Bertz CT molecular complexity index is 208. The summed E-state index contributed by atoms with van der Waals surface area (Å²) in [6.07, 6.45) is 6.59. The van der Waals surface area contributed by atoms with Gasteiger partial charge in [-0.25, -0.2) is 0 Å². The second-order valence-corrected chi connectivity index (χ2v) is 5.86. The van der Waals surface area contributed by atoms with Crippen LogP contribution >= 0.6 is 0 Å². The summed E-state index contributed by atoms with van der Waals surface area (Å²) in [7, 11) is 4.07. The quantitative estimate of drug-likeness (QED) is 0.776. The molecule has 1 rings (SSSR count). The van der Waals surface area contributed by atoms with E-state index in [1.807, 2.05) is 7.11 Å². The number of hydrogen-bond donors (Lipinski definition) is 1. The molecule has 3 heteroatoms. The van der Waals surface area contributed by atoms with Gasteiger partial charge in [0.25, 0.3) is 0 Å². The zero-order valence-corrected chi connectivity index (χ0v) is 12.0. The third kappa shape index (κ3) is 4.94. The molecular weight excluding hydrogens is 212 g/mol. The molecule has 1 fully saturated rings. The standard InChI is InChI=1S/C14H30N2O/c1-11(2)14(15)8-9-16(3)12-6-5-7-13(10-12)17-4/h11-14H,5-10,15H2,1-4H3. The topological polar surface area (TPSA) is 38.5 Å². The van der Waals surface area contributed by atoms with Crippen LogP contribution in [0.3, 0.4) is 0 Å². The molecule has 0 bridgehead atoms. The molecule has 3 unspecified atom stereocenters. The maximum absolute atomic E-state index is 6.10. The van der Waals surface area contributed by atoms with Gasteiger partial charge < -0.3 is 15.4 Å². The minimum atomic E-state index is 0.333. The second kappa shape index (κ2) is 7.34. The van der Waals surface area contributed by atoms with E-state index >= 15 is 0 Å². The van der Waals surface area contributed by atoms with Crippen molar-refractivity contribution < 1.29 is 4.74 Å². The first-order valence-corrected chi connectivity index (χ1v) is 7.03. The van der Waals surface area contributed by atoms with Crippen molar-refractivity contribution in [1.82, 2.24) is 4.90 Å². The van der Waals surface area contributed by atoms with Crippen LogP contribution in [0.4, 0.5) is 0 Å². The highest BCUT2D eigenvalue weighted by Gasteiger charge is 2.24. The Kier molecular flexibility index (Phi) is 6.45. The molecule has 3 atom stereocenters. The number of nitrogens with two attached hydrogens (primary N) is 1. The van der Waals surface area contributed by atoms with Gasteiger partial charge >= 0.3 is 0 Å². The number of ether oxygens (including phenoxy) is 1. The molecule has 0 aliphatic heterocycles. The number of nitrogens with zero attached hydrogens (tertiary/aromatic N) is 1. The second-order valence-electron chi connectivity index (χ2n) is 5.86. The highest BCUT2D eigenvalue weighted by Crippen LogP contribution is 2.24. The zero-order valence-electron chi connectivity index (χ0n) is 12.0. The first kappa shape index (κ1) is 14.9. The Labute approximate surface area is 107 Å². The summed E-state index contributed by atoms with van der Waals surface area (Å²) in [6, 6.07) is 1.02. The fraction of sp³-hybridized carbons (Fsp3) is 1.00. The van der Waals surface area contributed by atoms with E-state index in [0.717, 1.165) is 13.0 Å². The van der Waals surface area contributed by atoms with Gasteiger partial charge in [-0.2, -0.15) is 0 Å². The van der Waals surface area contributed by atoms with Crippen LogP contribution in [0.1, 0.15) is 46.0 Å². The first-order valence-electron chi connectivity index (χ1n) is 7.03. The monoisotopic (exact) mass is 242 g/mol. The lowest BCUT2D eigenvalue weighted by molar-refractivity contribution is 0.0338. The maximum atomic E-state index is 6.10. The van der Waals surface area contributed by atoms with Crippen molar-refractivity contribution in [2.75, 3.05) is 20.7 Å². The fourth-order valence-electron chi connectivity index (χ4n) is 2.60. The number of hydrogen-bond acceptors (Lipinski definition) is 3. The fourth-order valence-corrected chi connectivity index (χ4v) is 2.60. The molecule has 0 saturated heterocycles. The van der Waals surface area contributed by atoms with Crippen LogP contribution in [0.25, 0.3) is 0 Å². The molecule has 0 amide bonds. The largest absolute Gasteiger partial charge is 0.381 e. The van der Waals surface area contributed by atoms with Crippen molar-refractivity contribution in [3.05, 3.63) is 0 Å². The minimum Gasteiger partial charge on any atom is -0.381 e. The molecule has 102 valence electrons. The first-order chi connectivity index (χ1) is 8.04. The lowest BCUT2D eigenvalue weighted by atomic mass is 9.91. The SMILES string of the molecule is COC1CCCC(N(C)CCC(N)C(C)C)C1. The van der Waals surface area contributed by atoms with Gasteiger partial charge in [-0.1, -0.05) is 13.8 Å². The van der Waals surface area contributed by atoms with Crippen molar-refractivity contribution in [3.63, 3.8) is 0 Å². The van der Waals surface area contributed by atoms with Crippen LogP contribution < -0.4 is 5.73 Å². The average molecular weight is 242 g/mol. The van der Waals surface area contributed by atoms with E-state index in [9.17, 15) is 0 Å². The molecular formula is C14H30N2O. The van der Waals surface area contributed by atoms with E-state index in [1.165, 1.54) is 25.7 Å². The van der Waals surface area contributed by atoms with Crippen LogP contribution in [0.5, 0.6) is 0 Å². The van der Waals surface area contributed by atoms with Crippen molar-refractivity contribution in [2.24, 2.45) is 11.7 Å². The Morgan fingerprint density at radius 3 is 2.65 bits per heavy atom. The molecule has 0 heterocycles. The van der Waals surface area contributed by atoms with Gasteiger partial charge in [0.05, 0.1) is 6.10 Å². The highest BCUT2D eigenvalue weighted by molar-refractivity contribution is 4.80. The summed E-state index contributed by atoms with van der Waals surface area (Å²) < 4.78 is 5.48. The maximum Gasteiger partial charge on any atom is 0.0586 e. The van der Waals surface area contributed by atoms with E-state index in [1.54, 1.807) is 0 Å². The van der Waals surface area contributed by atoms with Crippen LogP contribution in [0.2, 0.25) is 0 Å². The smallest absolute Gasteiger partial charge is 0.0586 e. The van der Waals surface area contributed by atoms with Gasteiger partial charge in [0.1, 0.15) is 0 Å². The van der Waals surface area contributed by atoms with E-state index in [4.69, 9.17) is 10.5 Å². The van der Waals surface area contributed by atoms with Gasteiger partial charge in [-0.05, 0) is 51.6 Å². The summed E-state index contributed by atoms with van der Waals surface area (Å²) in [6.45, 7) is 5.51. The Morgan fingerprint density at radius 2 is 2.06 bits per heavy atom. The molecule has 17 heavy (non-hydrogen) atoms. The van der Waals surface area contributed by atoms with E-state index < -0.39 is 0 Å². The van der Waals surface area contributed by atoms with Gasteiger partial charge in [0.2, 0.25) is 0 Å². The summed E-state index contributed by atoms with van der Waals surface area (Å²) in [4.78, 5) is 2.48. The van der Waals surface area contributed by atoms with Gasteiger partial charge in [0, 0.05) is 19.2 Å². The predicted octanol–water partition coefficient (Wildman–Crippen LogP) is 2.25. The molecule has 3 nitrogen and oxygen atoms in total. The molecule has 0 aromatic rings. The summed E-state index contributed by atoms with van der Waals surface area (Å²) >= 11 is 0. The Hall–Kier alpha value is -0.120. The summed E-state index contributed by atoms with van der Waals surface area (Å²) in [5.41, 5.74) is 6.10. The molecule has 1 aliphatic rings. The van der Waals surface area contributed by atoms with E-state index in [-0.39, 0.29) is 0 Å². The van der Waals surface area contributed by atoms with Crippen LogP contribution in [-0.4, -0.2) is 43.8 Å². The average Bonchev–Trinajstić information content (AvgIpc) is 2.35. The van der Waals surface area contributed by atoms with E-state index in [2.05, 4.69) is 25.8 Å². The normalized spacial score (nSPS) is 27.7. The predicted molar refractivity (Wildman–Crippen MR) is 73.1 cm³/mol. The molecule has 1 saturated carbocycles. The number of rotatable bonds is 6. The molecule has 0 aromatic carbocycles. The lowest BCUT2D eigenvalue weighted by Gasteiger charge is -2.35. The van der Waals surface area contributed by atoms with E-state index in [0.29, 0.717) is 24.1 Å². The molecule has 0 aromatic heterocycles. The molecule has 0 radical (unpaired) electrons. The highest BCUT2D eigenvalue weighted by atomic mass is 16.5. The van der Waals surface area contributed by atoms with Crippen molar-refractivity contribution >= 4 is 0 Å². The third-order valence-corrected chi connectivity index (χ3v) is 4.23. The van der Waals surface area contributed by atoms with Crippen LogP contribution in [0.15, 0.2) is 0 Å². The summed E-state index contributed by atoms with van der Waals surface area (Å²) in [5, 5.41) is 0. The van der Waals surface area contributed by atoms with Crippen molar-refractivity contribution in [2.45, 2.75) is 64.1 Å². The van der Waals surface area contributed by atoms with Crippen LogP contribution in [0, 0.1) is 5.92 Å². The van der Waals surface area contributed by atoms with Crippen molar-refractivity contribution in [1.29, 1.82) is 0 Å². The number of methoxy groups -OCH3 is 1.